The molecule has 0 saturated heterocycles. The van der Waals surface area contributed by atoms with E-state index in [0.29, 0.717) is 0 Å². The molecule has 1 aromatic heterocycles. The molecule has 0 aliphatic heterocycles. The molecular formula is C10H17N3O4S. The van der Waals surface area contributed by atoms with Gasteiger partial charge in [0.1, 0.15) is 0 Å². The van der Waals surface area contributed by atoms with Crippen molar-refractivity contribution >= 4 is 16.0 Å². The van der Waals surface area contributed by atoms with Crippen LogP contribution in [0.15, 0.2) is 17.6 Å². The summed E-state index contributed by atoms with van der Waals surface area (Å²) in [5, 5.41) is 8.38. The second kappa shape index (κ2) is 5.96. The SMILES string of the molecule is CC(C)n1cnc(S(=O)(=O)NCCCC(=O)O)c1. The molecule has 0 spiro atoms. The number of carboxylic acids is 1. The Morgan fingerprint density at radius 3 is 2.72 bits per heavy atom. The van der Waals surface area contributed by atoms with Crippen LogP contribution in [0.3, 0.4) is 0 Å². The Hall–Kier alpha value is -1.41. The molecule has 102 valence electrons. The first kappa shape index (κ1) is 14.7. The average Bonchev–Trinajstić information content (AvgIpc) is 2.74. The minimum Gasteiger partial charge on any atom is -0.481 e. The third-order valence-corrected chi connectivity index (χ3v) is 3.65. The van der Waals surface area contributed by atoms with Crippen LogP contribution in [-0.4, -0.2) is 35.6 Å². The molecule has 0 saturated carbocycles. The van der Waals surface area contributed by atoms with Crippen molar-refractivity contribution in [1.29, 1.82) is 0 Å². The monoisotopic (exact) mass is 275 g/mol. The Morgan fingerprint density at radius 1 is 1.56 bits per heavy atom. The van der Waals surface area contributed by atoms with Crippen molar-refractivity contribution in [2.45, 2.75) is 37.8 Å². The summed E-state index contributed by atoms with van der Waals surface area (Å²) >= 11 is 0. The van der Waals surface area contributed by atoms with Crippen LogP contribution in [0, 0.1) is 0 Å². The molecule has 0 amide bonds. The first-order valence-electron chi connectivity index (χ1n) is 5.58. The lowest BCUT2D eigenvalue weighted by atomic mass is 10.3. The molecule has 0 aliphatic carbocycles. The molecule has 0 unspecified atom stereocenters. The molecule has 1 rings (SSSR count). The van der Waals surface area contributed by atoms with Crippen molar-refractivity contribution in [2.24, 2.45) is 0 Å². The van der Waals surface area contributed by atoms with Gasteiger partial charge in [-0.3, -0.25) is 4.79 Å². The number of rotatable bonds is 7. The zero-order chi connectivity index (χ0) is 13.8. The molecule has 1 aromatic rings. The number of hydrogen-bond donors (Lipinski definition) is 2. The van der Waals surface area contributed by atoms with Gasteiger partial charge < -0.3 is 9.67 Å². The highest BCUT2D eigenvalue weighted by atomic mass is 32.2. The number of aromatic nitrogens is 2. The van der Waals surface area contributed by atoms with Gasteiger partial charge in [0.15, 0.2) is 5.03 Å². The standard InChI is InChI=1S/C10H17N3O4S/c1-8(2)13-6-9(11-7-13)18(16,17)12-5-3-4-10(14)15/h6-8,12H,3-5H2,1-2H3,(H,14,15). The maximum absolute atomic E-state index is 11.8. The Kier molecular flexibility index (Phi) is 4.85. The van der Waals surface area contributed by atoms with Crippen LogP contribution < -0.4 is 4.72 Å². The second-order valence-corrected chi connectivity index (χ2v) is 5.86. The van der Waals surface area contributed by atoms with Crippen molar-refractivity contribution in [3.63, 3.8) is 0 Å². The van der Waals surface area contributed by atoms with Crippen molar-refractivity contribution < 1.29 is 18.3 Å². The zero-order valence-electron chi connectivity index (χ0n) is 10.3. The smallest absolute Gasteiger partial charge is 0.303 e. The van der Waals surface area contributed by atoms with Gasteiger partial charge in [0.05, 0.1) is 6.33 Å². The lowest BCUT2D eigenvalue weighted by Gasteiger charge is -2.05. The molecule has 0 aromatic carbocycles. The average molecular weight is 275 g/mol. The third kappa shape index (κ3) is 4.11. The molecule has 18 heavy (non-hydrogen) atoms. The van der Waals surface area contributed by atoms with E-state index in [1.54, 1.807) is 4.57 Å². The number of carbonyl (C=O) groups is 1. The highest BCUT2D eigenvalue weighted by Gasteiger charge is 2.17. The van der Waals surface area contributed by atoms with Gasteiger partial charge in [-0.05, 0) is 20.3 Å². The lowest BCUT2D eigenvalue weighted by molar-refractivity contribution is -0.137. The second-order valence-electron chi connectivity index (χ2n) is 4.15. The number of nitrogens with zero attached hydrogens (tertiary/aromatic N) is 2. The van der Waals surface area contributed by atoms with Crippen molar-refractivity contribution in [2.75, 3.05) is 6.54 Å². The normalized spacial score (nSPS) is 11.9. The summed E-state index contributed by atoms with van der Waals surface area (Å²) in [5.41, 5.74) is 0. The van der Waals surface area contributed by atoms with Crippen LogP contribution in [0.5, 0.6) is 0 Å². The molecule has 0 atom stereocenters. The summed E-state index contributed by atoms with van der Waals surface area (Å²) in [4.78, 5) is 14.1. The molecule has 8 heteroatoms. The largest absolute Gasteiger partial charge is 0.481 e. The molecule has 0 bridgehead atoms. The Morgan fingerprint density at radius 2 is 2.22 bits per heavy atom. The molecule has 7 nitrogen and oxygen atoms in total. The molecule has 0 fully saturated rings. The molecule has 0 aliphatic rings. The van der Waals surface area contributed by atoms with Crippen molar-refractivity contribution in [1.82, 2.24) is 14.3 Å². The lowest BCUT2D eigenvalue weighted by Crippen LogP contribution is -2.25. The van der Waals surface area contributed by atoms with Gasteiger partial charge in [0.2, 0.25) is 0 Å². The summed E-state index contributed by atoms with van der Waals surface area (Å²) in [6.07, 6.45) is 3.09. The predicted molar refractivity (Wildman–Crippen MR) is 64.7 cm³/mol. The number of aliphatic carboxylic acids is 1. The first-order valence-corrected chi connectivity index (χ1v) is 7.06. The van der Waals surface area contributed by atoms with E-state index in [1.165, 1.54) is 12.5 Å². The van der Waals surface area contributed by atoms with Gasteiger partial charge in [-0.15, -0.1) is 0 Å². The zero-order valence-corrected chi connectivity index (χ0v) is 11.1. The number of hydrogen-bond acceptors (Lipinski definition) is 4. The number of imidazole rings is 1. The summed E-state index contributed by atoms with van der Waals surface area (Å²) in [5.74, 6) is -0.946. The minimum absolute atomic E-state index is 0.0495. The fourth-order valence-corrected chi connectivity index (χ4v) is 2.27. The van der Waals surface area contributed by atoms with Crippen LogP contribution in [0.2, 0.25) is 0 Å². The van der Waals surface area contributed by atoms with E-state index in [1.807, 2.05) is 13.8 Å². The molecular weight excluding hydrogens is 258 g/mol. The summed E-state index contributed by atoms with van der Waals surface area (Å²) < 4.78 is 27.6. The highest BCUT2D eigenvalue weighted by Crippen LogP contribution is 2.09. The quantitative estimate of drug-likeness (QED) is 0.710. The summed E-state index contributed by atoms with van der Waals surface area (Å²) in [6.45, 7) is 3.92. The molecule has 0 radical (unpaired) electrons. The van der Waals surface area contributed by atoms with Gasteiger partial charge in [0, 0.05) is 25.2 Å². The number of carboxylic acid groups (broad SMARTS) is 1. The fourth-order valence-electron chi connectivity index (χ4n) is 1.26. The van der Waals surface area contributed by atoms with Crippen LogP contribution in [0.1, 0.15) is 32.7 Å². The van der Waals surface area contributed by atoms with Gasteiger partial charge in [-0.1, -0.05) is 0 Å². The van der Waals surface area contributed by atoms with E-state index in [2.05, 4.69) is 9.71 Å². The summed E-state index contributed by atoms with van der Waals surface area (Å²) in [6, 6.07) is 0.133. The van der Waals surface area contributed by atoms with Crippen LogP contribution in [0.25, 0.3) is 0 Å². The first-order chi connectivity index (χ1) is 8.33. The van der Waals surface area contributed by atoms with E-state index in [4.69, 9.17) is 5.11 Å². The number of nitrogens with one attached hydrogen (secondary N) is 1. The number of sulfonamides is 1. The molecule has 1 heterocycles. The third-order valence-electron chi connectivity index (χ3n) is 2.31. The predicted octanol–water partition coefficient (Wildman–Crippen LogP) is 0.607. The van der Waals surface area contributed by atoms with Crippen LogP contribution >= 0.6 is 0 Å². The Bertz CT molecular complexity index is 507. The van der Waals surface area contributed by atoms with Gasteiger partial charge >= 0.3 is 5.97 Å². The van der Waals surface area contributed by atoms with E-state index >= 15 is 0 Å². The van der Waals surface area contributed by atoms with Crippen molar-refractivity contribution in [3.8, 4) is 0 Å². The Labute approximate surface area is 106 Å². The molecule has 2 N–H and O–H groups in total. The Balaban J connectivity index is 2.60. The van der Waals surface area contributed by atoms with Crippen molar-refractivity contribution in [3.05, 3.63) is 12.5 Å². The van der Waals surface area contributed by atoms with Crippen LogP contribution in [0.4, 0.5) is 0 Å². The topological polar surface area (TPSA) is 101 Å². The maximum Gasteiger partial charge on any atom is 0.303 e. The van der Waals surface area contributed by atoms with E-state index in [0.717, 1.165) is 0 Å². The maximum atomic E-state index is 11.8. The van der Waals surface area contributed by atoms with E-state index in [-0.39, 0.29) is 30.5 Å². The minimum atomic E-state index is -3.65. The van der Waals surface area contributed by atoms with E-state index < -0.39 is 16.0 Å². The summed E-state index contributed by atoms with van der Waals surface area (Å²) in [7, 11) is -3.65. The van der Waals surface area contributed by atoms with Gasteiger partial charge in [-0.2, -0.15) is 0 Å². The van der Waals surface area contributed by atoms with Crippen LogP contribution in [-0.2, 0) is 14.8 Å². The van der Waals surface area contributed by atoms with Gasteiger partial charge in [-0.25, -0.2) is 18.1 Å². The fraction of sp³-hybridized carbons (Fsp3) is 0.600. The van der Waals surface area contributed by atoms with Gasteiger partial charge in [0.25, 0.3) is 10.0 Å². The highest BCUT2D eigenvalue weighted by molar-refractivity contribution is 7.89. The van der Waals surface area contributed by atoms with E-state index in [9.17, 15) is 13.2 Å².